The van der Waals surface area contributed by atoms with Crippen molar-refractivity contribution < 1.29 is 18.7 Å². The van der Waals surface area contributed by atoms with Gasteiger partial charge in [0.05, 0.1) is 25.0 Å². The number of hydrogen-bond acceptors (Lipinski definition) is 6. The van der Waals surface area contributed by atoms with Crippen LogP contribution in [0.25, 0.3) is 6.08 Å². The molecule has 0 fully saturated rings. The lowest BCUT2D eigenvalue weighted by Crippen LogP contribution is -2.35. The maximum absolute atomic E-state index is 12.1. The third kappa shape index (κ3) is 3.78. The summed E-state index contributed by atoms with van der Waals surface area (Å²) in [6.07, 6.45) is 4.62. The van der Waals surface area contributed by atoms with Gasteiger partial charge in [-0.3, -0.25) is 4.79 Å². The average Bonchev–Trinajstić information content (AvgIpc) is 3.26. The summed E-state index contributed by atoms with van der Waals surface area (Å²) in [6, 6.07) is 5.63. The minimum absolute atomic E-state index is 0.319. The number of thiophene rings is 1. The van der Waals surface area contributed by atoms with Crippen LogP contribution >= 0.6 is 11.3 Å². The van der Waals surface area contributed by atoms with Gasteiger partial charge in [-0.15, -0.1) is 11.3 Å². The van der Waals surface area contributed by atoms with Crippen LogP contribution in [0.5, 0.6) is 0 Å². The van der Waals surface area contributed by atoms with Crippen molar-refractivity contribution in [3.05, 3.63) is 46.2 Å². The Bertz CT molecular complexity index is 877. The van der Waals surface area contributed by atoms with Gasteiger partial charge in [-0.25, -0.2) is 4.79 Å². The topological polar surface area (TPSA) is 95.6 Å². The molecule has 7 nitrogen and oxygen atoms in total. The van der Waals surface area contributed by atoms with Crippen molar-refractivity contribution >= 4 is 34.4 Å². The van der Waals surface area contributed by atoms with Gasteiger partial charge in [0.1, 0.15) is 16.8 Å². The molecule has 134 valence electrons. The number of nitrogens with one attached hydrogen (secondary N) is 1. The highest BCUT2D eigenvalue weighted by atomic mass is 32.1. The highest BCUT2D eigenvalue weighted by Gasteiger charge is 2.27. The van der Waals surface area contributed by atoms with Crippen molar-refractivity contribution in [2.45, 2.75) is 19.9 Å². The molecule has 1 aliphatic rings. The lowest BCUT2D eigenvalue weighted by molar-refractivity contribution is -0.111. The molecule has 3 rings (SSSR count). The molecule has 0 saturated carbocycles. The third-order valence-corrected chi connectivity index (χ3v) is 5.01. The molecule has 8 heteroatoms. The van der Waals surface area contributed by atoms with Gasteiger partial charge in [0, 0.05) is 17.5 Å². The summed E-state index contributed by atoms with van der Waals surface area (Å²) in [4.78, 5) is 26.5. The Morgan fingerprint density at radius 2 is 2.38 bits per heavy atom. The molecule has 26 heavy (non-hydrogen) atoms. The molecule has 3 heterocycles. The zero-order valence-electron chi connectivity index (χ0n) is 14.2. The van der Waals surface area contributed by atoms with E-state index in [9.17, 15) is 14.9 Å². The van der Waals surface area contributed by atoms with Gasteiger partial charge in [-0.2, -0.15) is 5.26 Å². The van der Waals surface area contributed by atoms with Crippen molar-refractivity contribution in [2.75, 3.05) is 18.5 Å². The number of furan rings is 1. The van der Waals surface area contributed by atoms with Gasteiger partial charge in [0.2, 0.25) is 5.91 Å². The first-order valence-electron chi connectivity index (χ1n) is 8.11. The number of carbonyl (C=O) groups is 2. The molecule has 2 aromatic heterocycles. The zero-order chi connectivity index (χ0) is 18.5. The quantitative estimate of drug-likeness (QED) is 0.831. The summed E-state index contributed by atoms with van der Waals surface area (Å²) in [7, 11) is 0. The summed E-state index contributed by atoms with van der Waals surface area (Å²) in [5.41, 5.74) is 1.36. The predicted molar refractivity (Wildman–Crippen MR) is 96.5 cm³/mol. The highest BCUT2D eigenvalue weighted by Crippen LogP contribution is 2.36. The van der Waals surface area contributed by atoms with E-state index >= 15 is 0 Å². The van der Waals surface area contributed by atoms with Crippen LogP contribution in [-0.2, 0) is 22.5 Å². The SMILES string of the molecule is CCOC(=O)N1CCc2c(sc(NC(=O)C=Cc3ccco3)c2C#N)C1. The van der Waals surface area contributed by atoms with E-state index in [1.165, 1.54) is 23.7 Å². The molecule has 2 amide bonds. The summed E-state index contributed by atoms with van der Waals surface area (Å²) >= 11 is 1.32. The number of ether oxygens (including phenoxy) is 1. The van der Waals surface area contributed by atoms with Crippen LogP contribution in [0.2, 0.25) is 0 Å². The van der Waals surface area contributed by atoms with Crippen LogP contribution in [0.3, 0.4) is 0 Å². The van der Waals surface area contributed by atoms with Crippen molar-refractivity contribution in [1.82, 2.24) is 4.90 Å². The van der Waals surface area contributed by atoms with Gasteiger partial charge in [-0.1, -0.05) is 0 Å². The van der Waals surface area contributed by atoms with E-state index in [0.717, 1.165) is 10.4 Å². The molecule has 1 N–H and O–H groups in total. The molecule has 2 aromatic rings. The fourth-order valence-electron chi connectivity index (χ4n) is 2.68. The minimum atomic E-state index is -0.364. The Balaban J connectivity index is 1.74. The number of fused-ring (bicyclic) bond motifs is 1. The van der Waals surface area contributed by atoms with Crippen LogP contribution in [0.4, 0.5) is 9.80 Å². The molecule has 0 bridgehead atoms. The fourth-order valence-corrected chi connectivity index (χ4v) is 3.89. The molecule has 0 atom stereocenters. The molecule has 0 spiro atoms. The molecule has 0 unspecified atom stereocenters. The van der Waals surface area contributed by atoms with Gasteiger partial charge < -0.3 is 19.4 Å². The van der Waals surface area contributed by atoms with E-state index < -0.39 is 0 Å². The Morgan fingerprint density at radius 3 is 3.08 bits per heavy atom. The van der Waals surface area contributed by atoms with Crippen LogP contribution in [0.15, 0.2) is 28.9 Å². The normalized spacial score (nSPS) is 13.3. The van der Waals surface area contributed by atoms with Crippen molar-refractivity contribution in [1.29, 1.82) is 5.26 Å². The van der Waals surface area contributed by atoms with E-state index in [4.69, 9.17) is 9.15 Å². The fraction of sp³-hybridized carbons (Fsp3) is 0.278. The maximum atomic E-state index is 12.1. The molecule has 1 aliphatic heterocycles. The summed E-state index contributed by atoms with van der Waals surface area (Å²) < 4.78 is 10.2. The summed E-state index contributed by atoms with van der Waals surface area (Å²) in [6.45, 7) is 2.95. The lowest BCUT2D eigenvalue weighted by Gasteiger charge is -2.25. The van der Waals surface area contributed by atoms with E-state index in [-0.39, 0.29) is 12.0 Å². The van der Waals surface area contributed by atoms with E-state index in [1.807, 2.05) is 0 Å². The van der Waals surface area contributed by atoms with E-state index in [2.05, 4.69) is 11.4 Å². The molecular formula is C18H17N3O4S. The second-order valence-corrected chi connectivity index (χ2v) is 6.63. The zero-order valence-corrected chi connectivity index (χ0v) is 15.0. The highest BCUT2D eigenvalue weighted by molar-refractivity contribution is 7.16. The van der Waals surface area contributed by atoms with Crippen LogP contribution in [-0.4, -0.2) is 30.1 Å². The lowest BCUT2D eigenvalue weighted by atomic mass is 10.0. The van der Waals surface area contributed by atoms with Gasteiger partial charge in [0.15, 0.2) is 0 Å². The van der Waals surface area contributed by atoms with Crippen LogP contribution < -0.4 is 5.32 Å². The first-order chi connectivity index (χ1) is 12.6. The predicted octanol–water partition coefficient (Wildman–Crippen LogP) is 3.38. The van der Waals surface area contributed by atoms with Gasteiger partial charge in [-0.05, 0) is 37.1 Å². The Kier molecular flexibility index (Phi) is 5.39. The number of anilines is 1. The second kappa shape index (κ2) is 7.89. The first-order valence-corrected chi connectivity index (χ1v) is 8.93. The first kappa shape index (κ1) is 17.8. The number of hydrogen-bond donors (Lipinski definition) is 1. The van der Waals surface area contributed by atoms with Gasteiger partial charge in [0.25, 0.3) is 0 Å². The molecule has 0 aliphatic carbocycles. The minimum Gasteiger partial charge on any atom is -0.465 e. The number of carbonyl (C=O) groups excluding carboxylic acids is 2. The largest absolute Gasteiger partial charge is 0.465 e. The van der Waals surface area contributed by atoms with Crippen molar-refractivity contribution in [2.24, 2.45) is 0 Å². The van der Waals surface area contributed by atoms with Crippen molar-refractivity contribution in [3.63, 3.8) is 0 Å². The van der Waals surface area contributed by atoms with Crippen LogP contribution in [0, 0.1) is 11.3 Å². The molecular weight excluding hydrogens is 354 g/mol. The standard InChI is InChI=1S/C18H17N3O4S/c1-2-24-18(23)21-8-7-13-14(10-19)17(26-15(13)11-21)20-16(22)6-5-12-4-3-9-25-12/h3-6,9H,2,7-8,11H2,1H3,(H,20,22). The number of nitrogens with zero attached hydrogens (tertiary/aromatic N) is 2. The molecule has 0 aromatic carbocycles. The van der Waals surface area contributed by atoms with E-state index in [1.54, 1.807) is 30.0 Å². The Hall–Kier alpha value is -3.05. The summed E-state index contributed by atoms with van der Waals surface area (Å²) in [5, 5.41) is 12.7. The maximum Gasteiger partial charge on any atom is 0.410 e. The van der Waals surface area contributed by atoms with Crippen LogP contribution in [0.1, 0.15) is 28.7 Å². The Labute approximate surface area is 154 Å². The number of nitriles is 1. The third-order valence-electron chi connectivity index (χ3n) is 3.87. The van der Waals surface area contributed by atoms with Crippen molar-refractivity contribution in [3.8, 4) is 6.07 Å². The summed E-state index contributed by atoms with van der Waals surface area (Å²) in [5.74, 6) is 0.218. The average molecular weight is 371 g/mol. The monoisotopic (exact) mass is 371 g/mol. The second-order valence-electron chi connectivity index (χ2n) is 5.53. The van der Waals surface area contributed by atoms with Gasteiger partial charge >= 0.3 is 6.09 Å². The van der Waals surface area contributed by atoms with E-state index in [0.29, 0.717) is 42.4 Å². The molecule has 0 saturated heterocycles. The number of amides is 2. The number of rotatable bonds is 4. The Morgan fingerprint density at radius 1 is 1.54 bits per heavy atom. The smallest absolute Gasteiger partial charge is 0.410 e. The molecule has 0 radical (unpaired) electrons.